The van der Waals surface area contributed by atoms with Crippen molar-refractivity contribution in [2.24, 2.45) is 0 Å². The highest BCUT2D eigenvalue weighted by atomic mass is 32.2. The van der Waals surface area contributed by atoms with E-state index in [1.54, 1.807) is 0 Å². The average Bonchev–Trinajstić information content (AvgIpc) is 2.28. The first-order valence-corrected chi connectivity index (χ1v) is 7.67. The average molecular weight is 249 g/mol. The van der Waals surface area contributed by atoms with Crippen LogP contribution in [0.15, 0.2) is 30.3 Å². The minimum Gasteiger partial charge on any atom is -0.313 e. The molecule has 0 saturated heterocycles. The van der Waals surface area contributed by atoms with Gasteiger partial charge in [0.15, 0.2) is 0 Å². The highest BCUT2D eigenvalue weighted by Gasteiger charge is 2.30. The normalized spacial score (nSPS) is 24.4. The molecule has 1 aromatic rings. The molecule has 17 heavy (non-hydrogen) atoms. The second-order valence-electron chi connectivity index (χ2n) is 5.62. The summed E-state index contributed by atoms with van der Waals surface area (Å²) in [6.07, 6.45) is 4.79. The van der Waals surface area contributed by atoms with Gasteiger partial charge in [0.05, 0.1) is 0 Å². The summed E-state index contributed by atoms with van der Waals surface area (Å²) in [6, 6.07) is 11.6. The summed E-state index contributed by atoms with van der Waals surface area (Å²) >= 11 is 1.94. The SMILES string of the molecule is CSC(C)(C)CNC1CC(c2ccccc2)C1. The highest BCUT2D eigenvalue weighted by Crippen LogP contribution is 2.37. The lowest BCUT2D eigenvalue weighted by Crippen LogP contribution is -2.45. The lowest BCUT2D eigenvalue weighted by molar-refractivity contribution is 0.286. The molecule has 1 aromatic carbocycles. The van der Waals surface area contributed by atoms with Crippen molar-refractivity contribution in [2.45, 2.75) is 43.4 Å². The summed E-state index contributed by atoms with van der Waals surface area (Å²) in [4.78, 5) is 0. The molecule has 1 fully saturated rings. The summed E-state index contributed by atoms with van der Waals surface area (Å²) in [7, 11) is 0. The number of nitrogens with one attached hydrogen (secondary N) is 1. The second kappa shape index (κ2) is 5.45. The Balaban J connectivity index is 1.73. The molecular weight excluding hydrogens is 226 g/mol. The van der Waals surface area contributed by atoms with Gasteiger partial charge in [-0.25, -0.2) is 0 Å². The first kappa shape index (κ1) is 13.0. The van der Waals surface area contributed by atoms with Crippen molar-refractivity contribution < 1.29 is 0 Å². The van der Waals surface area contributed by atoms with Crippen LogP contribution in [0.5, 0.6) is 0 Å². The summed E-state index contributed by atoms with van der Waals surface area (Å²) in [5.74, 6) is 0.783. The summed E-state index contributed by atoms with van der Waals surface area (Å²) in [5, 5.41) is 3.69. The van der Waals surface area contributed by atoms with Crippen LogP contribution in [0.3, 0.4) is 0 Å². The fraction of sp³-hybridized carbons (Fsp3) is 0.600. The Morgan fingerprint density at radius 1 is 1.24 bits per heavy atom. The van der Waals surface area contributed by atoms with Gasteiger partial charge in [0, 0.05) is 17.3 Å². The Labute approximate surface area is 109 Å². The summed E-state index contributed by atoms with van der Waals surface area (Å²) in [6.45, 7) is 5.72. The largest absolute Gasteiger partial charge is 0.313 e. The zero-order valence-electron chi connectivity index (χ0n) is 11.1. The standard InChI is InChI=1S/C15H23NS/c1-15(2,17-3)11-16-14-9-13(10-14)12-7-5-4-6-8-12/h4-8,13-14,16H,9-11H2,1-3H3. The molecule has 1 aliphatic carbocycles. The molecule has 1 saturated carbocycles. The fourth-order valence-corrected chi connectivity index (χ4v) is 2.47. The van der Waals surface area contributed by atoms with E-state index in [2.05, 4.69) is 55.8 Å². The van der Waals surface area contributed by atoms with Crippen molar-refractivity contribution in [3.63, 3.8) is 0 Å². The van der Waals surface area contributed by atoms with Gasteiger partial charge in [-0.2, -0.15) is 11.8 Å². The van der Waals surface area contributed by atoms with Crippen LogP contribution in [0.1, 0.15) is 38.2 Å². The van der Waals surface area contributed by atoms with E-state index in [9.17, 15) is 0 Å². The van der Waals surface area contributed by atoms with E-state index in [1.165, 1.54) is 18.4 Å². The third-order valence-electron chi connectivity index (χ3n) is 3.78. The maximum Gasteiger partial charge on any atom is 0.0225 e. The molecule has 0 heterocycles. The molecule has 0 amide bonds. The molecule has 0 aliphatic heterocycles. The minimum atomic E-state index is 0.359. The molecule has 2 rings (SSSR count). The van der Waals surface area contributed by atoms with Crippen LogP contribution in [0.2, 0.25) is 0 Å². The molecule has 1 N–H and O–H groups in total. The predicted octanol–water partition coefficient (Wildman–Crippen LogP) is 3.66. The first-order chi connectivity index (χ1) is 8.11. The van der Waals surface area contributed by atoms with Crippen molar-refractivity contribution in [3.8, 4) is 0 Å². The van der Waals surface area contributed by atoms with E-state index in [1.807, 2.05) is 11.8 Å². The maximum atomic E-state index is 3.69. The molecule has 0 bridgehead atoms. The van der Waals surface area contributed by atoms with Gasteiger partial charge in [-0.1, -0.05) is 30.3 Å². The van der Waals surface area contributed by atoms with Crippen LogP contribution < -0.4 is 5.32 Å². The third kappa shape index (κ3) is 3.49. The van der Waals surface area contributed by atoms with Crippen LogP contribution in [-0.2, 0) is 0 Å². The molecule has 0 aromatic heterocycles. The van der Waals surface area contributed by atoms with Gasteiger partial charge in [-0.15, -0.1) is 0 Å². The van der Waals surface area contributed by atoms with Gasteiger partial charge < -0.3 is 5.32 Å². The minimum absolute atomic E-state index is 0.359. The number of benzene rings is 1. The maximum absolute atomic E-state index is 3.69. The Bertz CT molecular complexity index is 341. The van der Waals surface area contributed by atoms with Gasteiger partial charge in [0.25, 0.3) is 0 Å². The Morgan fingerprint density at radius 3 is 2.47 bits per heavy atom. The Hall–Kier alpha value is -0.470. The molecule has 1 aliphatic rings. The molecule has 2 heteroatoms. The molecule has 1 nitrogen and oxygen atoms in total. The monoisotopic (exact) mass is 249 g/mol. The van der Waals surface area contributed by atoms with Gasteiger partial charge >= 0.3 is 0 Å². The molecule has 94 valence electrons. The Morgan fingerprint density at radius 2 is 1.88 bits per heavy atom. The van der Waals surface area contributed by atoms with Gasteiger partial charge in [-0.05, 0) is 44.4 Å². The lowest BCUT2D eigenvalue weighted by Gasteiger charge is -2.38. The molecule has 0 atom stereocenters. The number of thioether (sulfide) groups is 1. The zero-order valence-corrected chi connectivity index (χ0v) is 11.9. The van der Waals surface area contributed by atoms with Gasteiger partial charge in [-0.3, -0.25) is 0 Å². The van der Waals surface area contributed by atoms with Gasteiger partial charge in [0.2, 0.25) is 0 Å². The van der Waals surface area contributed by atoms with Crippen LogP contribution in [-0.4, -0.2) is 23.6 Å². The van der Waals surface area contributed by atoms with E-state index >= 15 is 0 Å². The smallest absolute Gasteiger partial charge is 0.0225 e. The van der Waals surface area contributed by atoms with E-state index < -0.39 is 0 Å². The molecule has 0 unspecified atom stereocenters. The summed E-state index contributed by atoms with van der Waals surface area (Å²) in [5.41, 5.74) is 1.51. The number of hydrogen-bond donors (Lipinski definition) is 1. The van der Waals surface area contributed by atoms with E-state index in [0.717, 1.165) is 18.5 Å². The quantitative estimate of drug-likeness (QED) is 0.854. The van der Waals surface area contributed by atoms with Crippen LogP contribution in [0.4, 0.5) is 0 Å². The van der Waals surface area contributed by atoms with Crippen molar-refractivity contribution in [3.05, 3.63) is 35.9 Å². The van der Waals surface area contributed by atoms with Crippen molar-refractivity contribution in [2.75, 3.05) is 12.8 Å². The van der Waals surface area contributed by atoms with Crippen LogP contribution in [0, 0.1) is 0 Å². The number of hydrogen-bond acceptors (Lipinski definition) is 2. The van der Waals surface area contributed by atoms with E-state index in [4.69, 9.17) is 0 Å². The first-order valence-electron chi connectivity index (χ1n) is 6.44. The van der Waals surface area contributed by atoms with E-state index in [-0.39, 0.29) is 0 Å². The fourth-order valence-electron chi connectivity index (χ4n) is 2.24. The summed E-state index contributed by atoms with van der Waals surface area (Å²) < 4.78 is 0.359. The lowest BCUT2D eigenvalue weighted by atomic mass is 9.76. The zero-order chi connectivity index (χ0) is 12.3. The number of rotatable bonds is 5. The van der Waals surface area contributed by atoms with Crippen LogP contribution >= 0.6 is 11.8 Å². The third-order valence-corrected chi connectivity index (χ3v) is 5.03. The van der Waals surface area contributed by atoms with Crippen molar-refractivity contribution in [1.29, 1.82) is 0 Å². The predicted molar refractivity (Wildman–Crippen MR) is 77.8 cm³/mol. The Kier molecular flexibility index (Phi) is 4.16. The topological polar surface area (TPSA) is 12.0 Å². The molecule has 0 spiro atoms. The molecule has 0 radical (unpaired) electrons. The van der Waals surface area contributed by atoms with Gasteiger partial charge in [0.1, 0.15) is 0 Å². The second-order valence-corrected chi connectivity index (χ2v) is 7.13. The van der Waals surface area contributed by atoms with E-state index in [0.29, 0.717) is 4.75 Å². The van der Waals surface area contributed by atoms with Crippen molar-refractivity contribution in [1.82, 2.24) is 5.32 Å². The van der Waals surface area contributed by atoms with Crippen molar-refractivity contribution >= 4 is 11.8 Å². The highest BCUT2D eigenvalue weighted by molar-refractivity contribution is 7.99. The molecular formula is C15H23NS. The van der Waals surface area contributed by atoms with Crippen LogP contribution in [0.25, 0.3) is 0 Å².